The van der Waals surface area contributed by atoms with Crippen molar-refractivity contribution in [2.45, 2.75) is 53.3 Å². The van der Waals surface area contributed by atoms with Crippen molar-refractivity contribution < 1.29 is 11.4 Å². The number of rotatable bonds is 5. The van der Waals surface area contributed by atoms with Crippen LogP contribution in [0.5, 0.6) is 0 Å². The lowest BCUT2D eigenvalue weighted by molar-refractivity contribution is -0.659. The van der Waals surface area contributed by atoms with Gasteiger partial charge in [-0.15, -0.1) is 0 Å². The Morgan fingerprint density at radius 1 is 0.844 bits per heavy atom. The lowest BCUT2D eigenvalue weighted by atomic mass is 9.92. The van der Waals surface area contributed by atoms with E-state index in [1.54, 1.807) is 12.1 Å². The fraction of sp³-hybridized carbons (Fsp3) is 0.300. The first-order chi connectivity index (χ1) is 17.1. The maximum atomic E-state index is 8.85. The van der Waals surface area contributed by atoms with Crippen LogP contribution >= 0.6 is 0 Å². The second-order valence-corrected chi connectivity index (χ2v) is 8.88. The molecule has 0 saturated carbocycles. The van der Waals surface area contributed by atoms with Gasteiger partial charge in [-0.2, -0.15) is 4.57 Å². The number of aryl methyl sites for hydroxylation is 3. The average Bonchev–Trinajstić information content (AvgIpc) is 3.17. The van der Waals surface area contributed by atoms with E-state index in [4.69, 9.17) is 6.85 Å². The molecule has 0 spiro atoms. The fourth-order valence-electron chi connectivity index (χ4n) is 4.40. The summed E-state index contributed by atoms with van der Waals surface area (Å²) < 4.78 is 45.7. The lowest BCUT2D eigenvalue weighted by Gasteiger charge is -2.18. The molecular weight excluding hydrogens is 388 g/mol. The maximum absolute atomic E-state index is 8.85. The quantitative estimate of drug-likeness (QED) is 0.291. The smallest absolute Gasteiger partial charge is 0.232 e. The van der Waals surface area contributed by atoms with Gasteiger partial charge in [-0.1, -0.05) is 82.3 Å². The molecule has 0 aliphatic carbocycles. The number of benzene rings is 3. The fourth-order valence-corrected chi connectivity index (χ4v) is 4.40. The van der Waals surface area contributed by atoms with E-state index in [1.807, 2.05) is 107 Å². The summed E-state index contributed by atoms with van der Waals surface area (Å²) in [6.07, 6.45) is 3.98. The van der Waals surface area contributed by atoms with Crippen LogP contribution in [0.4, 0.5) is 0 Å². The summed E-state index contributed by atoms with van der Waals surface area (Å²) >= 11 is 0. The second kappa shape index (κ2) is 8.78. The molecule has 0 aliphatic heterocycles. The summed E-state index contributed by atoms with van der Waals surface area (Å²) in [4.78, 5) is 0. The summed E-state index contributed by atoms with van der Waals surface area (Å²) in [5, 5.41) is 0. The molecule has 2 nitrogen and oxygen atoms in total. The van der Waals surface area contributed by atoms with Crippen molar-refractivity contribution in [1.29, 1.82) is 0 Å². The molecule has 164 valence electrons. The molecule has 1 aromatic heterocycles. The van der Waals surface area contributed by atoms with E-state index in [-0.39, 0.29) is 0 Å². The molecule has 0 N–H and O–H groups in total. The molecule has 4 aromatic rings. The van der Waals surface area contributed by atoms with E-state index in [2.05, 4.69) is 4.57 Å². The predicted octanol–water partition coefficient (Wildman–Crippen LogP) is 7.50. The van der Waals surface area contributed by atoms with Gasteiger partial charge in [0.05, 0.1) is 12.6 Å². The largest absolute Gasteiger partial charge is 0.294 e. The molecule has 0 bridgehead atoms. The van der Waals surface area contributed by atoms with Gasteiger partial charge in [0.15, 0.2) is 0 Å². The molecule has 32 heavy (non-hydrogen) atoms. The zero-order valence-corrected chi connectivity index (χ0v) is 19.8. The molecule has 4 rings (SSSR count). The van der Waals surface area contributed by atoms with Gasteiger partial charge in [-0.3, -0.25) is 0 Å². The van der Waals surface area contributed by atoms with Crippen LogP contribution in [0, 0.1) is 13.8 Å². The molecule has 0 amide bonds. The van der Waals surface area contributed by atoms with E-state index in [9.17, 15) is 0 Å². The third kappa shape index (κ3) is 3.90. The Morgan fingerprint density at radius 2 is 1.53 bits per heavy atom. The third-order valence-electron chi connectivity index (χ3n) is 6.06. The number of hydrogen-bond donors (Lipinski definition) is 0. The van der Waals surface area contributed by atoms with Gasteiger partial charge in [0.1, 0.15) is 18.1 Å². The monoisotopic (exact) mass is 428 g/mol. The number of para-hydroxylation sites is 1. The first kappa shape index (κ1) is 16.5. The van der Waals surface area contributed by atoms with Gasteiger partial charge in [0.25, 0.3) is 5.82 Å². The Labute approximate surface area is 200 Å². The maximum Gasteiger partial charge on any atom is 0.294 e. The van der Waals surface area contributed by atoms with Crippen LogP contribution in [0.2, 0.25) is 0 Å². The minimum absolute atomic E-state index is 0.338. The number of hydrogen-bond acceptors (Lipinski definition) is 0. The van der Waals surface area contributed by atoms with Crippen molar-refractivity contribution in [2.24, 2.45) is 7.05 Å². The van der Waals surface area contributed by atoms with Gasteiger partial charge >= 0.3 is 0 Å². The molecule has 1 heterocycles. The predicted molar refractivity (Wildman–Crippen MR) is 135 cm³/mol. The minimum Gasteiger partial charge on any atom is -0.232 e. The molecule has 2 heteroatoms. The van der Waals surface area contributed by atoms with E-state index in [0.717, 1.165) is 39.3 Å². The van der Waals surface area contributed by atoms with Crippen LogP contribution in [0.3, 0.4) is 0 Å². The highest BCUT2D eigenvalue weighted by molar-refractivity contribution is 5.73. The van der Waals surface area contributed by atoms with E-state index >= 15 is 0 Å². The van der Waals surface area contributed by atoms with Crippen molar-refractivity contribution in [3.8, 4) is 28.2 Å². The van der Waals surface area contributed by atoms with Crippen molar-refractivity contribution >= 4 is 0 Å². The summed E-state index contributed by atoms with van der Waals surface area (Å²) in [6, 6.07) is 19.1. The summed E-state index contributed by atoms with van der Waals surface area (Å²) in [6.45, 7) is 7.33. The molecule has 0 aliphatic rings. The molecule has 0 saturated heterocycles. The van der Waals surface area contributed by atoms with E-state index in [1.165, 1.54) is 0 Å². The number of nitrogens with zero attached hydrogens (tertiary/aromatic N) is 2. The molecule has 0 unspecified atom stereocenters. The van der Waals surface area contributed by atoms with Gasteiger partial charge in [-0.25, -0.2) is 4.57 Å². The molecule has 0 atom stereocenters. The second-order valence-electron chi connectivity index (χ2n) is 8.88. The Bertz CT molecular complexity index is 1420. The lowest BCUT2D eigenvalue weighted by Crippen LogP contribution is -2.29. The average molecular weight is 429 g/mol. The molecule has 3 aromatic carbocycles. The zero-order valence-electron chi connectivity index (χ0n) is 24.8. The van der Waals surface area contributed by atoms with Gasteiger partial charge in [0.2, 0.25) is 0 Å². The topological polar surface area (TPSA) is 8.81 Å². The van der Waals surface area contributed by atoms with Gasteiger partial charge < -0.3 is 0 Å². The minimum atomic E-state index is -2.20. The van der Waals surface area contributed by atoms with Crippen molar-refractivity contribution in [1.82, 2.24) is 4.57 Å². The normalized spacial score (nSPS) is 14.9. The van der Waals surface area contributed by atoms with E-state index < -0.39 is 18.6 Å². The number of imidazole rings is 1. The van der Waals surface area contributed by atoms with Crippen molar-refractivity contribution in [3.63, 3.8) is 0 Å². The SMILES string of the molecule is [2H]C([2H])([2H])c1ccccc1-c1ccc(-c2n(-c3c(C([2H])(C)C)cccc3C([2H])(C)C)cc[n+]2C)c(C)c1. The standard InChI is InChI=1S/C30H35N2/c1-20(2)25-13-10-14-26(21(3)4)29(25)32-18-17-31(7)30(32)28-16-15-24(19-23(28)6)27-12-9-8-11-22(27)5/h8-21H,1-7H3/q+1/i5D3,20D,21D. The van der Waals surface area contributed by atoms with Crippen LogP contribution < -0.4 is 4.57 Å². The summed E-state index contributed by atoms with van der Waals surface area (Å²) in [7, 11) is 1.99. The van der Waals surface area contributed by atoms with Crippen LogP contribution in [0.15, 0.2) is 73.1 Å². The van der Waals surface area contributed by atoms with Crippen LogP contribution in [0.1, 0.15) is 68.6 Å². The Morgan fingerprint density at radius 3 is 2.16 bits per heavy atom. The van der Waals surface area contributed by atoms with Gasteiger partial charge in [0, 0.05) is 18.0 Å². The van der Waals surface area contributed by atoms with Gasteiger partial charge in [-0.05, 0) is 53.9 Å². The molecular formula is C30H35N2+. The first-order valence-corrected chi connectivity index (χ1v) is 11.0. The Hall–Kier alpha value is -3.13. The van der Waals surface area contributed by atoms with Crippen molar-refractivity contribution in [3.05, 3.63) is 95.3 Å². The van der Waals surface area contributed by atoms with Crippen LogP contribution in [0.25, 0.3) is 28.2 Å². The third-order valence-corrected chi connectivity index (χ3v) is 6.06. The van der Waals surface area contributed by atoms with E-state index in [0.29, 0.717) is 11.1 Å². The zero-order chi connectivity index (χ0) is 27.3. The Balaban J connectivity index is 1.95. The highest BCUT2D eigenvalue weighted by Gasteiger charge is 2.26. The highest BCUT2D eigenvalue weighted by atomic mass is 15.1. The first-order valence-electron chi connectivity index (χ1n) is 13.5. The number of aromatic nitrogens is 2. The van der Waals surface area contributed by atoms with Crippen LogP contribution in [-0.2, 0) is 7.05 Å². The summed E-state index contributed by atoms with van der Waals surface area (Å²) in [5.41, 5.74) is 6.45. The van der Waals surface area contributed by atoms with Crippen LogP contribution in [-0.4, -0.2) is 4.57 Å². The highest BCUT2D eigenvalue weighted by Crippen LogP contribution is 2.35. The Kier molecular flexibility index (Phi) is 4.53. The summed E-state index contributed by atoms with van der Waals surface area (Å²) in [5.74, 6) is -0.807. The molecule has 0 fully saturated rings. The van der Waals surface area contributed by atoms with Crippen molar-refractivity contribution in [2.75, 3.05) is 0 Å². The molecule has 0 radical (unpaired) electrons.